The van der Waals surface area contributed by atoms with Crippen molar-refractivity contribution in [2.24, 2.45) is 7.05 Å². The van der Waals surface area contributed by atoms with E-state index < -0.39 is 5.25 Å². The number of benzene rings is 1. The highest BCUT2D eigenvalue weighted by Crippen LogP contribution is 2.23. The quantitative estimate of drug-likeness (QED) is 0.570. The van der Waals surface area contributed by atoms with Crippen LogP contribution in [0, 0.1) is 5.82 Å². The van der Waals surface area contributed by atoms with Crippen LogP contribution in [0.15, 0.2) is 41.0 Å². The first kappa shape index (κ1) is 20.0. The number of thioether (sulfide) groups is 1. The Morgan fingerprint density at radius 2 is 2.00 bits per heavy atom. The molecular formula is C17H17FN6O2S2. The number of aromatic nitrogens is 4. The highest BCUT2D eigenvalue weighted by atomic mass is 32.2. The summed E-state index contributed by atoms with van der Waals surface area (Å²) < 4.78 is 14.6. The number of nitrogens with zero attached hydrogens (tertiary/aromatic N) is 4. The molecule has 1 aromatic carbocycles. The van der Waals surface area contributed by atoms with Gasteiger partial charge in [-0.2, -0.15) is 0 Å². The fourth-order valence-electron chi connectivity index (χ4n) is 2.19. The van der Waals surface area contributed by atoms with Gasteiger partial charge >= 0.3 is 0 Å². The molecule has 0 fully saturated rings. The van der Waals surface area contributed by atoms with Crippen molar-refractivity contribution < 1.29 is 14.0 Å². The number of amides is 2. The third kappa shape index (κ3) is 5.14. The Morgan fingerprint density at radius 1 is 1.25 bits per heavy atom. The van der Waals surface area contributed by atoms with Crippen molar-refractivity contribution in [3.8, 4) is 0 Å². The fourth-order valence-corrected chi connectivity index (χ4v) is 3.55. The molecule has 28 heavy (non-hydrogen) atoms. The Morgan fingerprint density at radius 3 is 2.68 bits per heavy atom. The monoisotopic (exact) mass is 420 g/mol. The minimum absolute atomic E-state index is 0.00112. The van der Waals surface area contributed by atoms with Crippen molar-refractivity contribution >= 4 is 45.7 Å². The van der Waals surface area contributed by atoms with Crippen molar-refractivity contribution in [2.45, 2.75) is 23.8 Å². The van der Waals surface area contributed by atoms with Gasteiger partial charge in [-0.25, -0.2) is 9.37 Å². The zero-order valence-corrected chi connectivity index (χ0v) is 16.7. The zero-order valence-electron chi connectivity index (χ0n) is 15.0. The standard InChI is InChI=1S/C17H17FN6O2S2/c1-10(15(26)21-16-19-7-8-27-16)28-17-23-22-13(24(17)2)9-14(25)20-12-5-3-11(18)4-6-12/h3-8,10H,9H2,1-2H3,(H,20,25)(H,19,21,26)/t10-/m1/s1. The summed E-state index contributed by atoms with van der Waals surface area (Å²) in [6, 6.07) is 5.50. The molecule has 0 aliphatic heterocycles. The van der Waals surface area contributed by atoms with E-state index in [9.17, 15) is 14.0 Å². The minimum atomic E-state index is -0.423. The smallest absolute Gasteiger partial charge is 0.239 e. The average Bonchev–Trinajstić information content (AvgIpc) is 3.29. The molecule has 2 amide bonds. The molecule has 2 heterocycles. The topological polar surface area (TPSA) is 102 Å². The van der Waals surface area contributed by atoms with Gasteiger partial charge in [0.1, 0.15) is 11.6 Å². The van der Waals surface area contributed by atoms with Crippen LogP contribution >= 0.6 is 23.1 Å². The van der Waals surface area contributed by atoms with Crippen LogP contribution in [0.2, 0.25) is 0 Å². The van der Waals surface area contributed by atoms with Crippen molar-refractivity contribution in [2.75, 3.05) is 10.6 Å². The molecule has 146 valence electrons. The number of hydrogen-bond acceptors (Lipinski definition) is 7. The second-order valence-corrected chi connectivity index (χ2v) is 7.98. The molecule has 0 unspecified atom stereocenters. The van der Waals surface area contributed by atoms with Gasteiger partial charge in [0.15, 0.2) is 10.3 Å². The van der Waals surface area contributed by atoms with Crippen LogP contribution in [-0.2, 0) is 23.1 Å². The van der Waals surface area contributed by atoms with E-state index in [1.807, 2.05) is 0 Å². The number of hydrogen-bond donors (Lipinski definition) is 2. The van der Waals surface area contributed by atoms with Crippen molar-refractivity contribution in [3.05, 3.63) is 47.5 Å². The first-order valence-corrected chi connectivity index (χ1v) is 9.99. The summed E-state index contributed by atoms with van der Waals surface area (Å²) in [5, 5.41) is 15.9. The van der Waals surface area contributed by atoms with Gasteiger partial charge in [0.25, 0.3) is 0 Å². The van der Waals surface area contributed by atoms with E-state index >= 15 is 0 Å². The van der Waals surface area contributed by atoms with Gasteiger partial charge in [-0.1, -0.05) is 11.8 Å². The van der Waals surface area contributed by atoms with E-state index in [0.717, 1.165) is 0 Å². The Balaban J connectivity index is 1.57. The highest BCUT2D eigenvalue weighted by molar-refractivity contribution is 8.00. The van der Waals surface area contributed by atoms with Crippen LogP contribution in [-0.4, -0.2) is 36.8 Å². The van der Waals surface area contributed by atoms with Gasteiger partial charge in [0.2, 0.25) is 11.8 Å². The van der Waals surface area contributed by atoms with E-state index in [2.05, 4.69) is 25.8 Å². The summed E-state index contributed by atoms with van der Waals surface area (Å²) in [7, 11) is 1.73. The average molecular weight is 420 g/mol. The van der Waals surface area contributed by atoms with E-state index in [4.69, 9.17) is 0 Å². The Hall–Kier alpha value is -2.79. The van der Waals surface area contributed by atoms with Crippen LogP contribution in [0.25, 0.3) is 0 Å². The summed E-state index contributed by atoms with van der Waals surface area (Å²) in [5.74, 6) is -0.414. The predicted molar refractivity (Wildman–Crippen MR) is 106 cm³/mol. The van der Waals surface area contributed by atoms with Gasteiger partial charge < -0.3 is 15.2 Å². The molecule has 2 N–H and O–H groups in total. The van der Waals surface area contributed by atoms with Crippen LogP contribution in [0.3, 0.4) is 0 Å². The first-order valence-electron chi connectivity index (χ1n) is 8.23. The van der Waals surface area contributed by atoms with Crippen LogP contribution in [0.5, 0.6) is 0 Å². The van der Waals surface area contributed by atoms with Crippen molar-refractivity contribution in [1.29, 1.82) is 0 Å². The minimum Gasteiger partial charge on any atom is -0.326 e. The maximum absolute atomic E-state index is 12.9. The third-order valence-corrected chi connectivity index (χ3v) is 5.51. The molecule has 0 aliphatic carbocycles. The number of nitrogens with one attached hydrogen (secondary N) is 2. The second kappa shape index (κ2) is 8.93. The zero-order chi connectivity index (χ0) is 20.1. The van der Waals surface area contributed by atoms with Gasteiger partial charge in [0.05, 0.1) is 11.7 Å². The Bertz CT molecular complexity index is 959. The largest absolute Gasteiger partial charge is 0.326 e. The van der Waals surface area contributed by atoms with Crippen LogP contribution < -0.4 is 10.6 Å². The van der Waals surface area contributed by atoms with Crippen molar-refractivity contribution in [1.82, 2.24) is 19.7 Å². The lowest BCUT2D eigenvalue weighted by Gasteiger charge is -2.10. The fraction of sp³-hybridized carbons (Fsp3) is 0.235. The SMILES string of the molecule is C[C@@H](Sc1nnc(CC(=O)Nc2ccc(F)cc2)n1C)C(=O)Nc1nccs1. The highest BCUT2D eigenvalue weighted by Gasteiger charge is 2.20. The normalized spacial score (nSPS) is 11.8. The molecule has 1 atom stereocenters. The lowest BCUT2D eigenvalue weighted by molar-refractivity contribution is -0.116. The molecule has 0 saturated heterocycles. The summed E-state index contributed by atoms with van der Waals surface area (Å²) in [6.07, 6.45) is 1.62. The Labute approximate surface area is 168 Å². The third-order valence-electron chi connectivity index (χ3n) is 3.69. The van der Waals surface area contributed by atoms with E-state index in [1.54, 1.807) is 30.1 Å². The lowest BCUT2D eigenvalue weighted by atomic mass is 10.3. The Kier molecular flexibility index (Phi) is 6.37. The van der Waals surface area contributed by atoms with Crippen molar-refractivity contribution in [3.63, 3.8) is 0 Å². The molecule has 3 rings (SSSR count). The summed E-state index contributed by atoms with van der Waals surface area (Å²) >= 11 is 2.57. The number of thiazole rings is 1. The molecule has 0 saturated carbocycles. The predicted octanol–water partition coefficient (Wildman–Crippen LogP) is 2.71. The van der Waals surface area contributed by atoms with Crippen LogP contribution in [0.1, 0.15) is 12.7 Å². The molecule has 0 spiro atoms. The van der Waals surface area contributed by atoms with E-state index in [1.165, 1.54) is 47.4 Å². The molecule has 0 radical (unpaired) electrons. The summed E-state index contributed by atoms with van der Waals surface area (Å²) in [5.41, 5.74) is 0.496. The van der Waals surface area contributed by atoms with Gasteiger partial charge in [-0.15, -0.1) is 21.5 Å². The maximum atomic E-state index is 12.9. The molecule has 0 bridgehead atoms. The molecule has 2 aromatic heterocycles. The maximum Gasteiger partial charge on any atom is 0.239 e. The van der Waals surface area contributed by atoms with Gasteiger partial charge in [-0.3, -0.25) is 9.59 Å². The number of halogens is 1. The first-order chi connectivity index (χ1) is 13.4. The lowest BCUT2D eigenvalue weighted by Crippen LogP contribution is -2.22. The molecule has 3 aromatic rings. The summed E-state index contributed by atoms with van der Waals surface area (Å²) in [4.78, 5) is 28.4. The molecule has 0 aliphatic rings. The molecule has 11 heteroatoms. The number of carbonyl (C=O) groups is 2. The van der Waals surface area contributed by atoms with Gasteiger partial charge in [0, 0.05) is 24.3 Å². The summed E-state index contributed by atoms with van der Waals surface area (Å²) in [6.45, 7) is 1.75. The number of anilines is 2. The number of rotatable bonds is 7. The van der Waals surface area contributed by atoms with Gasteiger partial charge in [-0.05, 0) is 31.2 Å². The molecule has 8 nitrogen and oxygen atoms in total. The van der Waals surface area contributed by atoms with E-state index in [-0.39, 0.29) is 24.1 Å². The second-order valence-electron chi connectivity index (χ2n) is 5.78. The molecular weight excluding hydrogens is 403 g/mol. The van der Waals surface area contributed by atoms with E-state index in [0.29, 0.717) is 21.8 Å². The van der Waals surface area contributed by atoms with Crippen LogP contribution in [0.4, 0.5) is 15.2 Å². The number of carbonyl (C=O) groups excluding carboxylic acids is 2.